The fourth-order valence-electron chi connectivity index (χ4n) is 11.0. The van der Waals surface area contributed by atoms with Crippen LogP contribution in [0.4, 0.5) is 0 Å². The van der Waals surface area contributed by atoms with Crippen LogP contribution in [-0.4, -0.2) is 16.8 Å². The van der Waals surface area contributed by atoms with Gasteiger partial charge in [-0.25, -0.2) is 4.85 Å². The van der Waals surface area contributed by atoms with E-state index in [0.29, 0.717) is 18.6 Å². The first-order valence-electron chi connectivity index (χ1n) is 14.3. The summed E-state index contributed by atoms with van der Waals surface area (Å²) in [5.74, 6) is 0.614. The number of hydrogen-bond donors (Lipinski definition) is 0. The SMILES string of the molecule is [C-]#[N+]C1=C[C@]2(C)[C@H]3CC(=O)[C@@H]4[C@@H]5CC(C)(C)CC[C@]5(CC(=O)Cl)CC[C@@]4(C)[C@]3(C)CC[C@H]2C(C)(C)C1=O. The van der Waals surface area contributed by atoms with Crippen molar-refractivity contribution < 1.29 is 14.4 Å². The van der Waals surface area contributed by atoms with Gasteiger partial charge in [-0.3, -0.25) is 9.59 Å². The van der Waals surface area contributed by atoms with E-state index in [2.05, 4.69) is 39.5 Å². The molecule has 0 radical (unpaired) electrons. The van der Waals surface area contributed by atoms with Gasteiger partial charge in [0.15, 0.2) is 5.78 Å². The first-order valence-corrected chi connectivity index (χ1v) is 14.7. The molecule has 0 aliphatic heterocycles. The van der Waals surface area contributed by atoms with E-state index in [1.165, 1.54) is 0 Å². The van der Waals surface area contributed by atoms with E-state index in [-0.39, 0.29) is 67.5 Å². The van der Waals surface area contributed by atoms with Crippen LogP contribution in [0.1, 0.15) is 106 Å². The van der Waals surface area contributed by atoms with Gasteiger partial charge in [-0.1, -0.05) is 54.5 Å². The zero-order chi connectivity index (χ0) is 27.4. The lowest BCUT2D eigenvalue weighted by Crippen LogP contribution is -2.68. The molecule has 4 saturated carbocycles. The highest BCUT2D eigenvalue weighted by molar-refractivity contribution is 6.63. The van der Waals surface area contributed by atoms with Gasteiger partial charge in [-0.15, -0.1) is 0 Å². The highest BCUT2D eigenvalue weighted by Crippen LogP contribution is 2.76. The summed E-state index contributed by atoms with van der Waals surface area (Å²) in [4.78, 5) is 43.7. The number of Topliss-reactive ketones (excluding diaryl/α,β-unsaturated/α-hetero) is 2. The van der Waals surface area contributed by atoms with Crippen LogP contribution >= 0.6 is 11.6 Å². The number of carbonyl (C=O) groups is 3. The smallest absolute Gasteiger partial charge is 0.226 e. The normalized spacial score (nSPS) is 47.9. The van der Waals surface area contributed by atoms with Gasteiger partial charge in [0.2, 0.25) is 10.9 Å². The zero-order valence-corrected chi connectivity index (χ0v) is 24.6. The van der Waals surface area contributed by atoms with Crippen molar-refractivity contribution in [1.82, 2.24) is 0 Å². The molecular weight excluding hydrogens is 482 g/mol. The van der Waals surface area contributed by atoms with Crippen LogP contribution in [0.25, 0.3) is 4.85 Å². The maximum atomic E-state index is 14.5. The van der Waals surface area contributed by atoms with Crippen molar-refractivity contribution in [3.8, 4) is 0 Å². The molecule has 0 aromatic carbocycles. The highest BCUT2D eigenvalue weighted by Gasteiger charge is 2.72. The predicted molar refractivity (Wildman–Crippen MR) is 145 cm³/mol. The van der Waals surface area contributed by atoms with Crippen molar-refractivity contribution in [1.29, 1.82) is 0 Å². The number of halogens is 1. The molecule has 4 nitrogen and oxygen atoms in total. The number of fused-ring (bicyclic) bond motifs is 7. The number of ketones is 2. The van der Waals surface area contributed by atoms with E-state index >= 15 is 0 Å². The van der Waals surface area contributed by atoms with Gasteiger partial charge in [-0.05, 0) is 101 Å². The molecule has 4 fully saturated rings. The first-order chi connectivity index (χ1) is 17.0. The van der Waals surface area contributed by atoms with Gasteiger partial charge in [0, 0.05) is 24.2 Å². The van der Waals surface area contributed by atoms with Gasteiger partial charge < -0.3 is 4.79 Å². The number of carbonyl (C=O) groups excluding carboxylic acids is 3. The number of nitrogens with zero attached hydrogens (tertiary/aromatic N) is 1. The molecule has 5 aliphatic carbocycles. The van der Waals surface area contributed by atoms with E-state index in [1.807, 2.05) is 19.9 Å². The molecule has 0 aromatic rings. The predicted octanol–water partition coefficient (Wildman–Crippen LogP) is 7.79. The molecule has 0 bridgehead atoms. The van der Waals surface area contributed by atoms with E-state index in [0.717, 1.165) is 44.9 Å². The van der Waals surface area contributed by atoms with Crippen molar-refractivity contribution in [2.45, 2.75) is 106 Å². The van der Waals surface area contributed by atoms with Crippen molar-refractivity contribution in [2.75, 3.05) is 0 Å². The van der Waals surface area contributed by atoms with Crippen molar-refractivity contribution in [3.63, 3.8) is 0 Å². The Bertz CT molecular complexity index is 1150. The fourth-order valence-corrected chi connectivity index (χ4v) is 11.2. The van der Waals surface area contributed by atoms with Crippen molar-refractivity contribution in [3.05, 3.63) is 23.2 Å². The average Bonchev–Trinajstić information content (AvgIpc) is 2.78. The van der Waals surface area contributed by atoms with Gasteiger partial charge in [0.05, 0.1) is 6.57 Å². The summed E-state index contributed by atoms with van der Waals surface area (Å²) in [6.07, 6.45) is 9.65. The van der Waals surface area contributed by atoms with Gasteiger partial charge in [-0.2, -0.15) is 0 Å². The molecule has 5 heteroatoms. The van der Waals surface area contributed by atoms with Crippen LogP contribution < -0.4 is 0 Å². The Balaban J connectivity index is 1.63. The van der Waals surface area contributed by atoms with E-state index in [4.69, 9.17) is 18.2 Å². The summed E-state index contributed by atoms with van der Waals surface area (Å²) in [6, 6.07) is 0. The molecule has 0 heterocycles. The molecule has 0 aromatic heterocycles. The molecule has 0 spiro atoms. The maximum Gasteiger partial charge on any atom is 0.226 e. The van der Waals surface area contributed by atoms with Crippen LogP contribution in [0.3, 0.4) is 0 Å². The van der Waals surface area contributed by atoms with E-state index < -0.39 is 5.41 Å². The minimum atomic E-state index is -0.610. The lowest BCUT2D eigenvalue weighted by molar-refractivity contribution is -0.223. The molecule has 0 unspecified atom stereocenters. The first kappa shape index (κ1) is 27.1. The van der Waals surface area contributed by atoms with Crippen molar-refractivity contribution >= 4 is 28.4 Å². The minimum absolute atomic E-state index is 0.0440. The highest BCUT2D eigenvalue weighted by atomic mass is 35.5. The van der Waals surface area contributed by atoms with Gasteiger partial charge in [0.1, 0.15) is 5.78 Å². The summed E-state index contributed by atoms with van der Waals surface area (Å²) in [5, 5.41) is -0.264. The minimum Gasteiger partial charge on any atom is -0.307 e. The molecule has 0 saturated heterocycles. The van der Waals surface area contributed by atoms with Crippen LogP contribution in [0.5, 0.6) is 0 Å². The van der Waals surface area contributed by atoms with E-state index in [9.17, 15) is 14.4 Å². The third-order valence-electron chi connectivity index (χ3n) is 13.1. The monoisotopic (exact) mass is 525 g/mol. The van der Waals surface area contributed by atoms with Crippen molar-refractivity contribution in [2.24, 2.45) is 56.2 Å². The maximum absolute atomic E-state index is 14.5. The second kappa shape index (κ2) is 8.03. The Labute approximate surface area is 228 Å². The zero-order valence-electron chi connectivity index (χ0n) is 23.8. The summed E-state index contributed by atoms with van der Waals surface area (Å²) < 4.78 is 0. The summed E-state index contributed by atoms with van der Waals surface area (Å²) in [7, 11) is 0. The second-order valence-corrected chi connectivity index (χ2v) is 16.0. The number of rotatable bonds is 2. The number of hydrogen-bond acceptors (Lipinski definition) is 3. The van der Waals surface area contributed by atoms with Gasteiger partial charge in [0.25, 0.3) is 0 Å². The molecule has 37 heavy (non-hydrogen) atoms. The van der Waals surface area contributed by atoms with Crippen LogP contribution in [0, 0.1) is 62.7 Å². The Morgan fingerprint density at radius 2 is 1.62 bits per heavy atom. The molecule has 0 N–H and O–H groups in total. The Morgan fingerprint density at radius 1 is 0.973 bits per heavy atom. The quantitative estimate of drug-likeness (QED) is 0.273. The lowest BCUT2D eigenvalue weighted by Gasteiger charge is -2.72. The average molecular weight is 526 g/mol. The Hall–Kier alpha value is -1.47. The molecular formula is C32H44ClNO3. The summed E-state index contributed by atoms with van der Waals surface area (Å²) in [6.45, 7) is 23.4. The molecule has 0 amide bonds. The lowest BCUT2D eigenvalue weighted by atomic mass is 9.31. The Kier molecular flexibility index (Phi) is 5.88. The molecule has 202 valence electrons. The second-order valence-electron chi connectivity index (χ2n) is 15.6. The van der Waals surface area contributed by atoms with Crippen LogP contribution in [0.2, 0.25) is 0 Å². The topological polar surface area (TPSA) is 55.6 Å². The standard InChI is InChI=1S/C32H44ClNO3/c1-27(2)11-13-32(18-24(33)36)14-12-31(7)25(19(32)16-27)21(35)15-23-29(5)17-20(34-8)26(37)28(3,4)22(29)9-10-30(23,31)6/h17,19,22-23,25H,9-16,18H2,1-7H3/t19-,22-,23+,25-,29-,30+,31+,32+/m0/s1. The summed E-state index contributed by atoms with van der Waals surface area (Å²) in [5.41, 5.74) is -1.03. The van der Waals surface area contributed by atoms with Crippen LogP contribution in [0.15, 0.2) is 11.8 Å². The third kappa shape index (κ3) is 3.48. The Morgan fingerprint density at radius 3 is 2.24 bits per heavy atom. The largest absolute Gasteiger partial charge is 0.307 e. The number of allylic oxidation sites excluding steroid dienone is 2. The summed E-state index contributed by atoms with van der Waals surface area (Å²) >= 11 is 6.06. The molecule has 8 atom stereocenters. The fraction of sp³-hybridized carbons (Fsp3) is 0.812. The van der Waals surface area contributed by atoms with Gasteiger partial charge >= 0.3 is 0 Å². The van der Waals surface area contributed by atoms with E-state index in [1.54, 1.807) is 0 Å². The molecule has 5 aliphatic rings. The molecule has 5 rings (SSSR count). The third-order valence-corrected chi connectivity index (χ3v) is 13.3. The van der Waals surface area contributed by atoms with Crippen LogP contribution in [-0.2, 0) is 14.4 Å².